The van der Waals surface area contributed by atoms with Crippen LogP contribution in [0.1, 0.15) is 31.2 Å². The first-order chi connectivity index (χ1) is 19.3. The van der Waals surface area contributed by atoms with Gasteiger partial charge in [-0.05, 0) is 35.7 Å². The highest BCUT2D eigenvalue weighted by Gasteiger charge is 2.35. The quantitative estimate of drug-likeness (QED) is 0.245. The maximum absolute atomic E-state index is 13.1. The number of ether oxygens (including phenoxy) is 1. The van der Waals surface area contributed by atoms with E-state index in [0.717, 1.165) is 54.3 Å². The van der Waals surface area contributed by atoms with E-state index in [9.17, 15) is 13.2 Å². The number of alkyl halides is 3. The Balaban J connectivity index is 1.08. The summed E-state index contributed by atoms with van der Waals surface area (Å²) in [6, 6.07) is 19.7. The topological polar surface area (TPSA) is 73.1 Å². The molecular weight excluding hydrogens is 517 g/mol. The first-order valence-corrected chi connectivity index (χ1v) is 13.5. The van der Waals surface area contributed by atoms with E-state index in [0.29, 0.717) is 30.3 Å². The van der Waals surface area contributed by atoms with Gasteiger partial charge in [0.1, 0.15) is 29.2 Å². The molecule has 0 atom stereocenters. The van der Waals surface area contributed by atoms with Crippen molar-refractivity contribution < 1.29 is 17.9 Å². The van der Waals surface area contributed by atoms with Crippen molar-refractivity contribution >= 4 is 27.8 Å². The standard InChI is InChI=1S/C30H31F3N6O/c1-19(2)20-9-11-21(12-10-20)28-34-22-5-3-7-24(26(22)36-28)39-15-13-38(14-16-39)17-18-40-25-8-4-6-23-27(25)37-29(35-23)30(31,32)33/h3-12,19H,13-18H2,1-2H3,(H,34,36)(H,35,37). The summed E-state index contributed by atoms with van der Waals surface area (Å²) in [5.41, 5.74) is 5.96. The molecule has 1 aliphatic rings. The SMILES string of the molecule is CC(C)c1ccc(-c2nc3c(N4CCN(CCOc5cccc6[nH]c(C(F)(F)F)nc56)CC4)cccc3[nH]2)cc1. The average Bonchev–Trinajstić information content (AvgIpc) is 3.59. The molecule has 0 spiro atoms. The van der Waals surface area contributed by atoms with Gasteiger partial charge in [0, 0.05) is 38.3 Å². The van der Waals surface area contributed by atoms with Crippen molar-refractivity contribution in [2.75, 3.05) is 44.2 Å². The third kappa shape index (κ3) is 5.23. The minimum atomic E-state index is -4.53. The predicted molar refractivity (Wildman–Crippen MR) is 151 cm³/mol. The van der Waals surface area contributed by atoms with Crippen LogP contribution in [0.4, 0.5) is 18.9 Å². The summed E-state index contributed by atoms with van der Waals surface area (Å²) in [5, 5.41) is 0. The molecule has 2 N–H and O–H groups in total. The summed E-state index contributed by atoms with van der Waals surface area (Å²) >= 11 is 0. The van der Waals surface area contributed by atoms with Gasteiger partial charge in [-0.2, -0.15) is 13.2 Å². The highest BCUT2D eigenvalue weighted by atomic mass is 19.4. The number of para-hydroxylation sites is 2. The first-order valence-electron chi connectivity index (χ1n) is 13.5. The number of rotatable bonds is 7. The Kier molecular flexibility index (Phi) is 6.87. The third-order valence-corrected chi connectivity index (χ3v) is 7.46. The van der Waals surface area contributed by atoms with E-state index in [1.54, 1.807) is 18.2 Å². The fourth-order valence-electron chi connectivity index (χ4n) is 5.19. The number of H-pyrrole nitrogens is 2. The molecule has 6 rings (SSSR count). The van der Waals surface area contributed by atoms with Gasteiger partial charge in [0.25, 0.3) is 0 Å². The normalized spacial score (nSPS) is 15.0. The Morgan fingerprint density at radius 2 is 1.55 bits per heavy atom. The summed E-state index contributed by atoms with van der Waals surface area (Å²) in [6.07, 6.45) is -4.53. The van der Waals surface area contributed by atoms with Crippen LogP contribution in [0.3, 0.4) is 0 Å². The van der Waals surface area contributed by atoms with Crippen LogP contribution in [0, 0.1) is 0 Å². The Bertz CT molecular complexity index is 1610. The molecule has 7 nitrogen and oxygen atoms in total. The number of benzene rings is 3. The number of halogens is 3. The molecule has 208 valence electrons. The second-order valence-corrected chi connectivity index (χ2v) is 10.4. The molecule has 3 aromatic carbocycles. The third-order valence-electron chi connectivity index (χ3n) is 7.46. The maximum Gasteiger partial charge on any atom is 0.449 e. The molecule has 0 unspecified atom stereocenters. The Labute approximate surface area is 230 Å². The van der Waals surface area contributed by atoms with Gasteiger partial charge in [-0.15, -0.1) is 0 Å². The van der Waals surface area contributed by atoms with Gasteiger partial charge < -0.3 is 19.6 Å². The predicted octanol–water partition coefficient (Wildman–Crippen LogP) is 6.45. The van der Waals surface area contributed by atoms with E-state index >= 15 is 0 Å². The highest BCUT2D eigenvalue weighted by Crippen LogP contribution is 2.32. The summed E-state index contributed by atoms with van der Waals surface area (Å²) in [4.78, 5) is 19.1. The van der Waals surface area contributed by atoms with Crippen molar-refractivity contribution in [1.82, 2.24) is 24.8 Å². The maximum atomic E-state index is 13.1. The molecule has 3 heterocycles. The summed E-state index contributed by atoms with van der Waals surface area (Å²) < 4.78 is 45.0. The van der Waals surface area contributed by atoms with Crippen molar-refractivity contribution in [2.24, 2.45) is 0 Å². The van der Waals surface area contributed by atoms with Crippen LogP contribution in [0.5, 0.6) is 5.75 Å². The van der Waals surface area contributed by atoms with Crippen LogP contribution in [0.2, 0.25) is 0 Å². The summed E-state index contributed by atoms with van der Waals surface area (Å²) in [7, 11) is 0. The van der Waals surface area contributed by atoms with E-state index in [4.69, 9.17) is 9.72 Å². The smallest absolute Gasteiger partial charge is 0.449 e. The van der Waals surface area contributed by atoms with Gasteiger partial charge in [0.2, 0.25) is 5.82 Å². The number of anilines is 1. The Morgan fingerprint density at radius 1 is 0.850 bits per heavy atom. The van der Waals surface area contributed by atoms with Crippen LogP contribution in [-0.2, 0) is 6.18 Å². The molecule has 5 aromatic rings. The van der Waals surface area contributed by atoms with Gasteiger partial charge in [-0.1, -0.05) is 50.2 Å². The molecule has 0 aliphatic carbocycles. The molecule has 40 heavy (non-hydrogen) atoms. The van der Waals surface area contributed by atoms with Crippen molar-refractivity contribution in [3.05, 3.63) is 72.1 Å². The lowest BCUT2D eigenvalue weighted by atomic mass is 10.0. The Morgan fingerprint density at radius 3 is 2.25 bits per heavy atom. The van der Waals surface area contributed by atoms with E-state index < -0.39 is 12.0 Å². The zero-order chi connectivity index (χ0) is 27.9. The minimum absolute atomic E-state index is 0.196. The lowest BCUT2D eigenvalue weighted by Gasteiger charge is -2.36. The number of fused-ring (bicyclic) bond motifs is 2. The highest BCUT2D eigenvalue weighted by molar-refractivity contribution is 5.91. The van der Waals surface area contributed by atoms with Gasteiger partial charge in [-0.25, -0.2) is 9.97 Å². The molecule has 1 saturated heterocycles. The van der Waals surface area contributed by atoms with Crippen LogP contribution in [0.15, 0.2) is 60.7 Å². The van der Waals surface area contributed by atoms with E-state index in [1.165, 1.54) is 5.56 Å². The lowest BCUT2D eigenvalue weighted by Crippen LogP contribution is -2.47. The summed E-state index contributed by atoms with van der Waals surface area (Å²) in [6.45, 7) is 8.78. The van der Waals surface area contributed by atoms with Crippen LogP contribution in [0.25, 0.3) is 33.5 Å². The van der Waals surface area contributed by atoms with Crippen LogP contribution < -0.4 is 9.64 Å². The molecule has 1 aliphatic heterocycles. The number of aromatic nitrogens is 4. The number of hydrogen-bond donors (Lipinski definition) is 2. The minimum Gasteiger partial charge on any atom is -0.490 e. The zero-order valence-electron chi connectivity index (χ0n) is 22.4. The fourth-order valence-corrected chi connectivity index (χ4v) is 5.19. The molecule has 0 radical (unpaired) electrons. The van der Waals surface area contributed by atoms with Crippen LogP contribution >= 0.6 is 0 Å². The molecule has 0 amide bonds. The van der Waals surface area contributed by atoms with E-state index in [2.05, 4.69) is 81.1 Å². The largest absolute Gasteiger partial charge is 0.490 e. The van der Waals surface area contributed by atoms with Gasteiger partial charge in [-0.3, -0.25) is 4.90 Å². The van der Waals surface area contributed by atoms with Crippen molar-refractivity contribution in [3.63, 3.8) is 0 Å². The second kappa shape index (κ2) is 10.5. The van der Waals surface area contributed by atoms with Crippen molar-refractivity contribution in [2.45, 2.75) is 25.9 Å². The van der Waals surface area contributed by atoms with E-state index in [1.807, 2.05) is 0 Å². The van der Waals surface area contributed by atoms with Crippen molar-refractivity contribution in [1.29, 1.82) is 0 Å². The number of hydrogen-bond acceptors (Lipinski definition) is 5. The van der Waals surface area contributed by atoms with Gasteiger partial charge in [0.15, 0.2) is 0 Å². The molecule has 0 bridgehead atoms. The van der Waals surface area contributed by atoms with Gasteiger partial charge in [0.05, 0.1) is 16.7 Å². The Hall–Kier alpha value is -4.05. The molecule has 0 saturated carbocycles. The van der Waals surface area contributed by atoms with E-state index in [-0.39, 0.29) is 5.52 Å². The number of imidazole rings is 2. The zero-order valence-corrected chi connectivity index (χ0v) is 22.4. The van der Waals surface area contributed by atoms with Crippen molar-refractivity contribution in [3.8, 4) is 17.1 Å². The molecular formula is C30H31F3N6O. The molecule has 2 aromatic heterocycles. The first kappa shape index (κ1) is 26.2. The van der Waals surface area contributed by atoms with Crippen LogP contribution in [-0.4, -0.2) is 64.2 Å². The number of piperazine rings is 1. The monoisotopic (exact) mass is 548 g/mol. The molecule has 1 fully saturated rings. The van der Waals surface area contributed by atoms with Gasteiger partial charge >= 0.3 is 6.18 Å². The lowest BCUT2D eigenvalue weighted by molar-refractivity contribution is -0.144. The molecule has 10 heteroatoms. The number of aromatic amines is 2. The average molecular weight is 549 g/mol. The fraction of sp³-hybridized carbons (Fsp3) is 0.333. The number of nitrogens with zero attached hydrogens (tertiary/aromatic N) is 4. The second-order valence-electron chi connectivity index (χ2n) is 10.4. The number of nitrogens with one attached hydrogen (secondary N) is 2. The summed E-state index contributed by atoms with van der Waals surface area (Å²) in [5.74, 6) is 0.682.